The number of carboxylic acid groups (broad SMARTS) is 1. The molecule has 2 aliphatic rings. The molecule has 0 bridgehead atoms. The van der Waals surface area contributed by atoms with E-state index in [1.807, 2.05) is 0 Å². The van der Waals surface area contributed by atoms with Crippen LogP contribution in [0.15, 0.2) is 0 Å². The summed E-state index contributed by atoms with van der Waals surface area (Å²) >= 11 is 0. The summed E-state index contributed by atoms with van der Waals surface area (Å²) in [5, 5.41) is 12.4. The molecule has 0 aromatic rings. The molecule has 1 saturated heterocycles. The molecule has 0 radical (unpaired) electrons. The van der Waals surface area contributed by atoms with Gasteiger partial charge in [0.15, 0.2) is 6.10 Å². The van der Waals surface area contributed by atoms with Crippen LogP contribution in [0.4, 0.5) is 0 Å². The first kappa shape index (κ1) is 13.8. The number of carboxylic acids is 1. The standard InChI is InChI=1S/C14H25NO3/c16-14(17)13-9-8-12(18-13)10-15-11-6-4-2-1-3-5-7-11/h11-13,15H,1-10H2,(H,16,17). The van der Waals surface area contributed by atoms with Gasteiger partial charge >= 0.3 is 5.97 Å². The lowest BCUT2D eigenvalue weighted by Gasteiger charge is -2.22. The number of hydrogen-bond donors (Lipinski definition) is 2. The molecule has 4 nitrogen and oxygen atoms in total. The Labute approximate surface area is 109 Å². The molecule has 4 heteroatoms. The fourth-order valence-corrected chi connectivity index (χ4v) is 3.00. The van der Waals surface area contributed by atoms with Crippen LogP contribution in [-0.4, -0.2) is 35.9 Å². The predicted molar refractivity (Wildman–Crippen MR) is 69.6 cm³/mol. The van der Waals surface area contributed by atoms with Crippen molar-refractivity contribution in [2.75, 3.05) is 6.54 Å². The first-order valence-corrected chi connectivity index (χ1v) is 7.37. The van der Waals surface area contributed by atoms with E-state index in [0.29, 0.717) is 12.5 Å². The van der Waals surface area contributed by atoms with Gasteiger partial charge in [-0.15, -0.1) is 0 Å². The molecule has 2 atom stereocenters. The average Bonchev–Trinajstić information content (AvgIpc) is 2.76. The fourth-order valence-electron chi connectivity index (χ4n) is 3.00. The van der Waals surface area contributed by atoms with Gasteiger partial charge < -0.3 is 15.2 Å². The largest absolute Gasteiger partial charge is 0.479 e. The van der Waals surface area contributed by atoms with Gasteiger partial charge in [-0.2, -0.15) is 0 Å². The lowest BCUT2D eigenvalue weighted by atomic mass is 9.96. The highest BCUT2D eigenvalue weighted by molar-refractivity contribution is 5.72. The SMILES string of the molecule is O=C(O)C1CCC(CNC2CCCCCCC2)O1. The molecule has 0 aromatic carbocycles. The number of nitrogens with one attached hydrogen (secondary N) is 1. The summed E-state index contributed by atoms with van der Waals surface area (Å²) < 4.78 is 5.51. The molecular weight excluding hydrogens is 230 g/mol. The Morgan fingerprint density at radius 3 is 2.33 bits per heavy atom. The summed E-state index contributed by atoms with van der Waals surface area (Å²) in [4.78, 5) is 10.8. The minimum Gasteiger partial charge on any atom is -0.479 e. The summed E-state index contributed by atoms with van der Waals surface area (Å²) in [6, 6.07) is 0.609. The van der Waals surface area contributed by atoms with Crippen LogP contribution in [-0.2, 0) is 9.53 Å². The van der Waals surface area contributed by atoms with E-state index in [4.69, 9.17) is 9.84 Å². The molecular formula is C14H25NO3. The first-order chi connectivity index (χ1) is 8.75. The zero-order chi connectivity index (χ0) is 12.8. The zero-order valence-electron chi connectivity index (χ0n) is 11.1. The highest BCUT2D eigenvalue weighted by atomic mass is 16.5. The second kappa shape index (κ2) is 7.10. The Morgan fingerprint density at radius 1 is 1.06 bits per heavy atom. The monoisotopic (exact) mass is 255 g/mol. The van der Waals surface area contributed by atoms with Crippen molar-refractivity contribution in [3.05, 3.63) is 0 Å². The molecule has 1 aliphatic carbocycles. The van der Waals surface area contributed by atoms with E-state index in [1.54, 1.807) is 0 Å². The third-order valence-corrected chi connectivity index (χ3v) is 4.12. The van der Waals surface area contributed by atoms with Gasteiger partial charge in [0, 0.05) is 12.6 Å². The Kier molecular flexibility index (Phi) is 5.45. The summed E-state index contributed by atoms with van der Waals surface area (Å²) in [5.74, 6) is -0.816. The lowest BCUT2D eigenvalue weighted by molar-refractivity contribution is -0.149. The van der Waals surface area contributed by atoms with E-state index in [9.17, 15) is 4.79 Å². The van der Waals surface area contributed by atoms with Gasteiger partial charge in [-0.05, 0) is 25.7 Å². The van der Waals surface area contributed by atoms with E-state index in [1.165, 1.54) is 44.9 Å². The maximum atomic E-state index is 10.8. The van der Waals surface area contributed by atoms with E-state index in [2.05, 4.69) is 5.32 Å². The molecule has 0 spiro atoms. The topological polar surface area (TPSA) is 58.6 Å². The highest BCUT2D eigenvalue weighted by Gasteiger charge is 2.30. The number of aliphatic carboxylic acids is 1. The van der Waals surface area contributed by atoms with E-state index >= 15 is 0 Å². The molecule has 2 unspecified atom stereocenters. The molecule has 104 valence electrons. The third kappa shape index (κ3) is 4.25. The highest BCUT2D eigenvalue weighted by Crippen LogP contribution is 2.21. The maximum Gasteiger partial charge on any atom is 0.332 e. The maximum absolute atomic E-state index is 10.8. The van der Waals surface area contributed by atoms with Crippen LogP contribution >= 0.6 is 0 Å². The van der Waals surface area contributed by atoms with Crippen molar-refractivity contribution < 1.29 is 14.6 Å². The van der Waals surface area contributed by atoms with Gasteiger partial charge in [-0.3, -0.25) is 0 Å². The van der Waals surface area contributed by atoms with Crippen molar-refractivity contribution in [3.63, 3.8) is 0 Å². The average molecular weight is 255 g/mol. The summed E-state index contributed by atoms with van der Waals surface area (Å²) in [6.45, 7) is 0.814. The van der Waals surface area contributed by atoms with Crippen molar-refractivity contribution in [1.29, 1.82) is 0 Å². The molecule has 2 fully saturated rings. The zero-order valence-corrected chi connectivity index (χ0v) is 11.1. The molecule has 2 rings (SSSR count). The van der Waals surface area contributed by atoms with Crippen LogP contribution in [0.1, 0.15) is 57.8 Å². The summed E-state index contributed by atoms with van der Waals surface area (Å²) in [7, 11) is 0. The van der Waals surface area contributed by atoms with Crippen molar-refractivity contribution >= 4 is 5.97 Å². The van der Waals surface area contributed by atoms with Crippen LogP contribution in [0.3, 0.4) is 0 Å². The smallest absolute Gasteiger partial charge is 0.332 e. The third-order valence-electron chi connectivity index (χ3n) is 4.12. The van der Waals surface area contributed by atoms with Gasteiger partial charge in [0.25, 0.3) is 0 Å². The second-order valence-electron chi connectivity index (χ2n) is 5.61. The summed E-state index contributed by atoms with van der Waals surface area (Å²) in [6.07, 6.45) is 10.3. The molecule has 1 heterocycles. The fraction of sp³-hybridized carbons (Fsp3) is 0.929. The first-order valence-electron chi connectivity index (χ1n) is 7.37. The van der Waals surface area contributed by atoms with Crippen molar-refractivity contribution in [1.82, 2.24) is 5.32 Å². The minimum atomic E-state index is -0.816. The Balaban J connectivity index is 1.66. The quantitative estimate of drug-likeness (QED) is 0.809. The molecule has 0 amide bonds. The number of carbonyl (C=O) groups is 1. The van der Waals surface area contributed by atoms with Crippen molar-refractivity contribution in [2.24, 2.45) is 0 Å². The number of hydrogen-bond acceptors (Lipinski definition) is 3. The normalized spacial score (nSPS) is 30.9. The van der Waals surface area contributed by atoms with Gasteiger partial charge in [0.2, 0.25) is 0 Å². The van der Waals surface area contributed by atoms with E-state index < -0.39 is 12.1 Å². The van der Waals surface area contributed by atoms with Gasteiger partial charge in [0.05, 0.1) is 6.10 Å². The lowest BCUT2D eigenvalue weighted by Crippen LogP contribution is -2.36. The van der Waals surface area contributed by atoms with Crippen molar-refractivity contribution in [3.8, 4) is 0 Å². The Bertz CT molecular complexity index is 262. The van der Waals surface area contributed by atoms with Gasteiger partial charge in [-0.1, -0.05) is 32.1 Å². The van der Waals surface area contributed by atoms with Crippen LogP contribution in [0.2, 0.25) is 0 Å². The second-order valence-corrected chi connectivity index (χ2v) is 5.61. The van der Waals surface area contributed by atoms with Crippen molar-refractivity contribution in [2.45, 2.75) is 76.0 Å². The molecule has 0 aromatic heterocycles. The number of rotatable bonds is 4. The van der Waals surface area contributed by atoms with Crippen LogP contribution in [0, 0.1) is 0 Å². The van der Waals surface area contributed by atoms with Crippen LogP contribution < -0.4 is 5.32 Å². The number of ether oxygens (including phenoxy) is 1. The predicted octanol–water partition coefficient (Wildman–Crippen LogP) is 2.32. The van der Waals surface area contributed by atoms with Crippen LogP contribution in [0.25, 0.3) is 0 Å². The van der Waals surface area contributed by atoms with Gasteiger partial charge in [0.1, 0.15) is 0 Å². The Hall–Kier alpha value is -0.610. The van der Waals surface area contributed by atoms with E-state index in [0.717, 1.165) is 13.0 Å². The van der Waals surface area contributed by atoms with E-state index in [-0.39, 0.29) is 6.10 Å². The Morgan fingerprint density at radius 2 is 1.72 bits per heavy atom. The molecule has 18 heavy (non-hydrogen) atoms. The van der Waals surface area contributed by atoms with Gasteiger partial charge in [-0.25, -0.2) is 4.79 Å². The van der Waals surface area contributed by atoms with Crippen LogP contribution in [0.5, 0.6) is 0 Å². The molecule has 2 N–H and O–H groups in total. The molecule has 1 aliphatic heterocycles. The molecule has 1 saturated carbocycles. The summed E-state index contributed by atoms with van der Waals surface area (Å²) in [5.41, 5.74) is 0. The minimum absolute atomic E-state index is 0.0940.